The van der Waals surface area contributed by atoms with Crippen LogP contribution >= 0.6 is 0 Å². The molecule has 1 fully saturated rings. The molecular formula is C31H32F4O3. The van der Waals surface area contributed by atoms with Crippen molar-refractivity contribution in [1.29, 1.82) is 0 Å². The quantitative estimate of drug-likeness (QED) is 0.120. The lowest BCUT2D eigenvalue weighted by Gasteiger charge is -2.27. The van der Waals surface area contributed by atoms with Crippen molar-refractivity contribution in [2.75, 3.05) is 6.61 Å². The highest BCUT2D eigenvalue weighted by atomic mass is 19.2. The molecule has 0 N–H and O–H groups in total. The molecule has 0 radical (unpaired) electrons. The number of rotatable bonds is 9. The number of ether oxygens (including phenoxy) is 2. The average Bonchev–Trinajstić information content (AvgIpc) is 2.91. The second kappa shape index (κ2) is 12.5. The van der Waals surface area contributed by atoms with Crippen LogP contribution in [0.15, 0.2) is 48.5 Å². The van der Waals surface area contributed by atoms with E-state index < -0.39 is 34.8 Å². The minimum absolute atomic E-state index is 0.0158. The van der Waals surface area contributed by atoms with Crippen LogP contribution in [0.5, 0.6) is 11.5 Å². The molecule has 3 nitrogen and oxygen atoms in total. The first-order valence-corrected chi connectivity index (χ1v) is 13.2. The Morgan fingerprint density at radius 2 is 1.53 bits per heavy atom. The van der Waals surface area contributed by atoms with E-state index in [2.05, 4.69) is 6.92 Å². The van der Waals surface area contributed by atoms with Crippen molar-refractivity contribution < 1.29 is 31.8 Å². The van der Waals surface area contributed by atoms with Crippen LogP contribution in [0.25, 0.3) is 11.1 Å². The van der Waals surface area contributed by atoms with Crippen LogP contribution in [0, 0.1) is 29.2 Å². The normalized spacial score (nSPS) is 17.3. The number of esters is 1. The smallest absolute Gasteiger partial charge is 0.346 e. The summed E-state index contributed by atoms with van der Waals surface area (Å²) in [7, 11) is 0. The van der Waals surface area contributed by atoms with E-state index in [1.165, 1.54) is 48.5 Å². The van der Waals surface area contributed by atoms with E-state index >= 15 is 0 Å². The van der Waals surface area contributed by atoms with Crippen molar-refractivity contribution in [2.24, 2.45) is 5.92 Å². The molecule has 0 aliphatic heterocycles. The molecule has 0 saturated heterocycles. The van der Waals surface area contributed by atoms with Gasteiger partial charge in [-0.15, -0.1) is 0 Å². The molecule has 0 amide bonds. The summed E-state index contributed by atoms with van der Waals surface area (Å²) in [6.45, 7) is 4.49. The average molecular weight is 529 g/mol. The summed E-state index contributed by atoms with van der Waals surface area (Å²) < 4.78 is 69.4. The van der Waals surface area contributed by atoms with E-state index in [-0.39, 0.29) is 23.0 Å². The van der Waals surface area contributed by atoms with Crippen LogP contribution in [0.3, 0.4) is 0 Å². The van der Waals surface area contributed by atoms with Gasteiger partial charge in [-0.05, 0) is 72.6 Å². The zero-order valence-electron chi connectivity index (χ0n) is 21.7. The van der Waals surface area contributed by atoms with Gasteiger partial charge < -0.3 is 9.47 Å². The predicted octanol–water partition coefficient (Wildman–Crippen LogP) is 8.99. The number of unbranched alkanes of at least 4 members (excludes halogenated alkanes) is 2. The zero-order valence-corrected chi connectivity index (χ0v) is 21.7. The molecule has 0 unspecified atom stereocenters. The Balaban J connectivity index is 1.44. The Bertz CT molecular complexity index is 1270. The minimum Gasteiger partial charge on any atom is -0.490 e. The van der Waals surface area contributed by atoms with Gasteiger partial charge in [0.25, 0.3) is 0 Å². The van der Waals surface area contributed by atoms with Crippen LogP contribution in [0.4, 0.5) is 17.6 Å². The maximum absolute atomic E-state index is 14.8. The van der Waals surface area contributed by atoms with Gasteiger partial charge in [0, 0.05) is 5.56 Å². The number of hydrogen-bond donors (Lipinski definition) is 0. The topological polar surface area (TPSA) is 35.5 Å². The third kappa shape index (κ3) is 6.20. The third-order valence-corrected chi connectivity index (χ3v) is 7.22. The molecule has 0 aromatic heterocycles. The maximum atomic E-state index is 14.8. The van der Waals surface area contributed by atoms with E-state index in [0.717, 1.165) is 44.9 Å². The highest BCUT2D eigenvalue weighted by molar-refractivity contribution is 5.91. The molecular weight excluding hydrogens is 496 g/mol. The Hall–Kier alpha value is -3.35. The fourth-order valence-corrected chi connectivity index (χ4v) is 4.87. The van der Waals surface area contributed by atoms with Gasteiger partial charge in [-0.1, -0.05) is 57.7 Å². The van der Waals surface area contributed by atoms with Crippen LogP contribution in [0.1, 0.15) is 80.6 Å². The zero-order chi connectivity index (χ0) is 27.2. The molecule has 1 aliphatic rings. The summed E-state index contributed by atoms with van der Waals surface area (Å²) in [4.78, 5) is 12.6. The standard InChI is InChI=1S/C31H32F4O3/c1-3-4-5-18-37-26-17-16-24(28(33)30(26)35)21-10-12-22(13-11-21)38-31(36)25-15-14-23(27(32)29(25)34)20-8-6-19(2)7-9-20/h10-17,19-20H,3-9,18H2,1-2H3. The molecule has 1 aliphatic carbocycles. The molecule has 4 rings (SSSR count). The van der Waals surface area contributed by atoms with Gasteiger partial charge in [-0.2, -0.15) is 4.39 Å². The Morgan fingerprint density at radius 1 is 0.816 bits per heavy atom. The van der Waals surface area contributed by atoms with Crippen molar-refractivity contribution in [3.8, 4) is 22.6 Å². The van der Waals surface area contributed by atoms with Crippen molar-refractivity contribution in [3.63, 3.8) is 0 Å². The summed E-state index contributed by atoms with van der Waals surface area (Å²) >= 11 is 0. The Kier molecular flexibility index (Phi) is 9.08. The Morgan fingerprint density at radius 3 is 2.21 bits per heavy atom. The van der Waals surface area contributed by atoms with E-state index in [1.54, 1.807) is 0 Å². The van der Waals surface area contributed by atoms with Gasteiger partial charge in [0.15, 0.2) is 23.2 Å². The monoisotopic (exact) mass is 528 g/mol. The summed E-state index contributed by atoms with van der Waals surface area (Å²) in [5.41, 5.74) is 0.160. The molecule has 0 bridgehead atoms. The Labute approximate surface area is 220 Å². The molecule has 0 heterocycles. The van der Waals surface area contributed by atoms with Crippen molar-refractivity contribution in [3.05, 3.63) is 82.9 Å². The van der Waals surface area contributed by atoms with E-state index in [0.29, 0.717) is 23.7 Å². The lowest BCUT2D eigenvalue weighted by molar-refractivity contribution is 0.0728. The first kappa shape index (κ1) is 27.7. The first-order valence-electron chi connectivity index (χ1n) is 13.2. The van der Waals surface area contributed by atoms with Crippen LogP contribution in [-0.4, -0.2) is 12.6 Å². The highest BCUT2D eigenvalue weighted by Crippen LogP contribution is 2.37. The third-order valence-electron chi connectivity index (χ3n) is 7.22. The van der Waals surface area contributed by atoms with E-state index in [9.17, 15) is 22.4 Å². The van der Waals surface area contributed by atoms with Crippen LogP contribution in [-0.2, 0) is 0 Å². The predicted molar refractivity (Wildman–Crippen MR) is 139 cm³/mol. The molecule has 38 heavy (non-hydrogen) atoms. The van der Waals surface area contributed by atoms with Gasteiger partial charge in [0.1, 0.15) is 5.75 Å². The van der Waals surface area contributed by atoms with Crippen molar-refractivity contribution in [1.82, 2.24) is 0 Å². The van der Waals surface area contributed by atoms with Gasteiger partial charge >= 0.3 is 5.97 Å². The lowest BCUT2D eigenvalue weighted by atomic mass is 9.79. The molecule has 1 saturated carbocycles. The second-order valence-corrected chi connectivity index (χ2v) is 10.00. The fourth-order valence-electron chi connectivity index (χ4n) is 4.87. The number of carbonyl (C=O) groups is 1. The minimum atomic E-state index is -1.22. The van der Waals surface area contributed by atoms with E-state index in [1.807, 2.05) is 6.92 Å². The summed E-state index contributed by atoms with van der Waals surface area (Å²) in [5.74, 6) is -4.98. The molecule has 202 valence electrons. The summed E-state index contributed by atoms with van der Waals surface area (Å²) in [6.07, 6.45) is 6.16. The van der Waals surface area contributed by atoms with E-state index in [4.69, 9.17) is 9.47 Å². The maximum Gasteiger partial charge on any atom is 0.346 e. The SMILES string of the molecule is CCCCCOc1ccc(-c2ccc(OC(=O)c3ccc(C4CCC(C)CC4)c(F)c3F)cc2)c(F)c1F. The van der Waals surface area contributed by atoms with Gasteiger partial charge in [-0.3, -0.25) is 0 Å². The van der Waals surface area contributed by atoms with Gasteiger partial charge in [0.05, 0.1) is 12.2 Å². The van der Waals surface area contributed by atoms with Crippen molar-refractivity contribution in [2.45, 2.75) is 64.7 Å². The fraction of sp³-hybridized carbons (Fsp3) is 0.387. The van der Waals surface area contributed by atoms with Crippen LogP contribution in [0.2, 0.25) is 0 Å². The summed E-state index contributed by atoms with van der Waals surface area (Å²) in [6, 6.07) is 11.2. The second-order valence-electron chi connectivity index (χ2n) is 10.00. The lowest BCUT2D eigenvalue weighted by Crippen LogP contribution is -2.16. The number of benzene rings is 3. The largest absolute Gasteiger partial charge is 0.490 e. The number of halogens is 4. The number of hydrogen-bond acceptors (Lipinski definition) is 3. The summed E-state index contributed by atoms with van der Waals surface area (Å²) in [5, 5.41) is 0. The van der Waals surface area contributed by atoms with Crippen LogP contribution < -0.4 is 9.47 Å². The van der Waals surface area contributed by atoms with Gasteiger partial charge in [-0.25, -0.2) is 18.0 Å². The molecule has 3 aromatic rings. The van der Waals surface area contributed by atoms with Gasteiger partial charge in [0.2, 0.25) is 5.82 Å². The molecule has 0 atom stereocenters. The van der Waals surface area contributed by atoms with Crippen molar-refractivity contribution >= 4 is 5.97 Å². The molecule has 3 aromatic carbocycles. The number of carbonyl (C=O) groups excluding carboxylic acids is 1. The first-order chi connectivity index (χ1) is 18.3. The molecule has 7 heteroatoms. The highest BCUT2D eigenvalue weighted by Gasteiger charge is 2.27. The molecule has 0 spiro atoms.